The minimum absolute atomic E-state index is 0.123. The maximum atomic E-state index is 8.71. The largest absolute Gasteiger partial charge is 0.395 e. The molecule has 0 atom stereocenters. The van der Waals surface area contributed by atoms with Gasteiger partial charge in [0.25, 0.3) is 0 Å². The Hall–Kier alpha value is -1.54. The second-order valence-corrected chi connectivity index (χ2v) is 5.95. The number of nitrogens with one attached hydrogen (secondary N) is 2. The molecule has 2 aromatic rings. The lowest BCUT2D eigenvalue weighted by atomic mass is 10.4. The zero-order valence-corrected chi connectivity index (χ0v) is 13.5. The van der Waals surface area contributed by atoms with Crippen molar-refractivity contribution in [3.05, 3.63) is 35.5 Å². The molecule has 0 fully saturated rings. The zero-order valence-electron chi connectivity index (χ0n) is 11.9. The maximum absolute atomic E-state index is 8.71. The predicted molar refractivity (Wildman–Crippen MR) is 90.5 cm³/mol. The SMILES string of the molecule is Nc1ncc(Sc2ccc(Cl)cc2)c(NCCNCCO)n1. The molecule has 0 radical (unpaired) electrons. The van der Waals surface area contributed by atoms with Gasteiger partial charge in [-0.15, -0.1) is 0 Å². The number of anilines is 2. The van der Waals surface area contributed by atoms with Gasteiger partial charge in [-0.25, -0.2) is 4.98 Å². The van der Waals surface area contributed by atoms with E-state index in [-0.39, 0.29) is 12.6 Å². The van der Waals surface area contributed by atoms with Crippen LogP contribution in [0.1, 0.15) is 0 Å². The van der Waals surface area contributed by atoms with Crippen molar-refractivity contribution in [3.8, 4) is 0 Å². The summed E-state index contributed by atoms with van der Waals surface area (Å²) in [5, 5.41) is 15.7. The lowest BCUT2D eigenvalue weighted by Gasteiger charge is -2.11. The summed E-state index contributed by atoms with van der Waals surface area (Å²) in [6.07, 6.45) is 1.70. The minimum atomic E-state index is 0.123. The van der Waals surface area contributed by atoms with Gasteiger partial charge in [0.1, 0.15) is 5.82 Å². The third-order valence-electron chi connectivity index (χ3n) is 2.70. The number of benzene rings is 1. The van der Waals surface area contributed by atoms with Crippen LogP contribution in [-0.4, -0.2) is 41.3 Å². The van der Waals surface area contributed by atoms with Gasteiger partial charge in [0.2, 0.25) is 5.95 Å². The molecule has 0 saturated heterocycles. The number of aliphatic hydroxyl groups is 1. The van der Waals surface area contributed by atoms with Crippen molar-refractivity contribution in [1.82, 2.24) is 15.3 Å². The number of nitrogens with zero attached hydrogens (tertiary/aromatic N) is 2. The number of nitrogens with two attached hydrogens (primary N) is 1. The average molecular weight is 340 g/mol. The number of aromatic nitrogens is 2. The van der Waals surface area contributed by atoms with E-state index in [0.29, 0.717) is 23.9 Å². The lowest BCUT2D eigenvalue weighted by Crippen LogP contribution is -2.25. The van der Waals surface area contributed by atoms with E-state index in [1.54, 1.807) is 6.20 Å². The monoisotopic (exact) mass is 339 g/mol. The third kappa shape index (κ3) is 5.34. The first-order valence-corrected chi connectivity index (χ1v) is 8.00. The Morgan fingerprint density at radius 1 is 1.18 bits per heavy atom. The van der Waals surface area contributed by atoms with Crippen LogP contribution in [-0.2, 0) is 0 Å². The highest BCUT2D eigenvalue weighted by molar-refractivity contribution is 7.99. The summed E-state index contributed by atoms with van der Waals surface area (Å²) in [5.74, 6) is 0.921. The van der Waals surface area contributed by atoms with Crippen LogP contribution in [0.5, 0.6) is 0 Å². The third-order valence-corrected chi connectivity index (χ3v) is 3.98. The quantitative estimate of drug-likeness (QED) is 0.545. The zero-order chi connectivity index (χ0) is 15.8. The molecule has 0 aliphatic carbocycles. The molecule has 1 heterocycles. The van der Waals surface area contributed by atoms with Crippen LogP contribution in [0.2, 0.25) is 5.02 Å². The number of aliphatic hydroxyl groups excluding tert-OH is 1. The van der Waals surface area contributed by atoms with Crippen molar-refractivity contribution in [1.29, 1.82) is 0 Å². The molecule has 0 unspecified atom stereocenters. The van der Waals surface area contributed by atoms with Crippen molar-refractivity contribution in [3.63, 3.8) is 0 Å². The van der Waals surface area contributed by atoms with Gasteiger partial charge in [0, 0.05) is 35.7 Å². The molecule has 0 saturated carbocycles. The van der Waals surface area contributed by atoms with Crippen LogP contribution in [0.15, 0.2) is 40.3 Å². The highest BCUT2D eigenvalue weighted by atomic mass is 35.5. The molecule has 1 aromatic heterocycles. The second kappa shape index (κ2) is 8.79. The molecule has 22 heavy (non-hydrogen) atoms. The molecule has 6 nitrogen and oxygen atoms in total. The first-order valence-electron chi connectivity index (χ1n) is 6.80. The van der Waals surface area contributed by atoms with E-state index < -0.39 is 0 Å². The Morgan fingerprint density at radius 3 is 2.68 bits per heavy atom. The normalized spacial score (nSPS) is 10.6. The van der Waals surface area contributed by atoms with Gasteiger partial charge >= 0.3 is 0 Å². The van der Waals surface area contributed by atoms with Gasteiger partial charge in [-0.3, -0.25) is 0 Å². The Balaban J connectivity index is 2.02. The van der Waals surface area contributed by atoms with Gasteiger partial charge in [0.05, 0.1) is 11.5 Å². The van der Waals surface area contributed by atoms with Crippen molar-refractivity contribution in [2.24, 2.45) is 0 Å². The number of hydrogen-bond acceptors (Lipinski definition) is 7. The van der Waals surface area contributed by atoms with Crippen molar-refractivity contribution >= 4 is 35.1 Å². The Bertz CT molecular complexity index is 596. The van der Waals surface area contributed by atoms with Gasteiger partial charge in [0.15, 0.2) is 0 Å². The summed E-state index contributed by atoms with van der Waals surface area (Å²) < 4.78 is 0. The van der Waals surface area contributed by atoms with Crippen molar-refractivity contribution in [2.45, 2.75) is 9.79 Å². The van der Waals surface area contributed by atoms with E-state index in [1.807, 2.05) is 24.3 Å². The van der Waals surface area contributed by atoms with Crippen LogP contribution in [0.4, 0.5) is 11.8 Å². The summed E-state index contributed by atoms with van der Waals surface area (Å²) in [6.45, 7) is 2.08. The first kappa shape index (κ1) is 16.8. The summed E-state index contributed by atoms with van der Waals surface area (Å²) in [7, 11) is 0. The first-order chi connectivity index (χ1) is 10.7. The predicted octanol–water partition coefficient (Wildman–Crippen LogP) is 1.86. The molecule has 0 aliphatic rings. The van der Waals surface area contributed by atoms with E-state index in [0.717, 1.165) is 16.3 Å². The van der Waals surface area contributed by atoms with E-state index in [9.17, 15) is 0 Å². The lowest BCUT2D eigenvalue weighted by molar-refractivity contribution is 0.293. The Kier molecular flexibility index (Phi) is 6.73. The van der Waals surface area contributed by atoms with Gasteiger partial charge in [-0.05, 0) is 24.3 Å². The molecule has 1 aromatic carbocycles. The topological polar surface area (TPSA) is 96.1 Å². The van der Waals surface area contributed by atoms with Crippen molar-refractivity contribution in [2.75, 3.05) is 37.3 Å². The maximum Gasteiger partial charge on any atom is 0.221 e. The standard InChI is InChI=1S/C14H18ClN5OS/c15-10-1-3-11(4-2-10)22-12-9-19-14(16)20-13(12)18-6-5-17-7-8-21/h1-4,9,17,21H,5-8H2,(H3,16,18,19,20). The van der Waals surface area contributed by atoms with Crippen LogP contribution >= 0.6 is 23.4 Å². The van der Waals surface area contributed by atoms with E-state index in [1.165, 1.54) is 11.8 Å². The number of halogens is 1. The van der Waals surface area contributed by atoms with Crippen LogP contribution < -0.4 is 16.4 Å². The fraction of sp³-hybridized carbons (Fsp3) is 0.286. The number of rotatable bonds is 8. The molecule has 8 heteroatoms. The second-order valence-electron chi connectivity index (χ2n) is 4.40. The van der Waals surface area contributed by atoms with Crippen LogP contribution in [0.25, 0.3) is 0 Å². The minimum Gasteiger partial charge on any atom is -0.395 e. The molecular formula is C14H18ClN5OS. The molecule has 0 spiro atoms. The van der Waals surface area contributed by atoms with Crippen LogP contribution in [0, 0.1) is 0 Å². The molecule has 2 rings (SSSR count). The van der Waals surface area contributed by atoms with Gasteiger partial charge in [-0.2, -0.15) is 4.98 Å². The number of hydrogen-bond donors (Lipinski definition) is 4. The van der Waals surface area contributed by atoms with Crippen LogP contribution in [0.3, 0.4) is 0 Å². The van der Waals surface area contributed by atoms with E-state index >= 15 is 0 Å². The van der Waals surface area contributed by atoms with Gasteiger partial charge in [-0.1, -0.05) is 23.4 Å². The Morgan fingerprint density at radius 2 is 1.95 bits per heavy atom. The summed E-state index contributed by atoms with van der Waals surface area (Å²) in [6, 6.07) is 7.56. The summed E-state index contributed by atoms with van der Waals surface area (Å²) in [5.41, 5.74) is 5.66. The average Bonchev–Trinajstić information content (AvgIpc) is 2.51. The highest BCUT2D eigenvalue weighted by Gasteiger charge is 2.07. The molecule has 0 amide bonds. The molecule has 5 N–H and O–H groups in total. The number of nitrogen functional groups attached to an aromatic ring is 1. The molecule has 118 valence electrons. The van der Waals surface area contributed by atoms with E-state index in [4.69, 9.17) is 22.4 Å². The molecule has 0 aliphatic heterocycles. The molecular weight excluding hydrogens is 322 g/mol. The smallest absolute Gasteiger partial charge is 0.221 e. The molecule has 0 bridgehead atoms. The Labute approximate surface area is 138 Å². The van der Waals surface area contributed by atoms with E-state index in [2.05, 4.69) is 20.6 Å². The van der Waals surface area contributed by atoms with Crippen molar-refractivity contribution < 1.29 is 5.11 Å². The highest BCUT2D eigenvalue weighted by Crippen LogP contribution is 2.32. The van der Waals surface area contributed by atoms with Gasteiger partial charge < -0.3 is 21.5 Å². The fourth-order valence-electron chi connectivity index (χ4n) is 1.69. The summed E-state index contributed by atoms with van der Waals surface area (Å²) >= 11 is 7.43. The fourth-order valence-corrected chi connectivity index (χ4v) is 2.66. The summed E-state index contributed by atoms with van der Waals surface area (Å²) in [4.78, 5) is 10.2.